The molecule has 0 rings (SSSR count). The van der Waals surface area contributed by atoms with Crippen LogP contribution in [-0.4, -0.2) is 37.2 Å². The maximum Gasteiger partial charge on any atom is 0.306 e. The number of esters is 3. The van der Waals surface area contributed by atoms with Crippen molar-refractivity contribution < 1.29 is 28.6 Å². The molecule has 0 bridgehead atoms. The molecule has 0 saturated carbocycles. The normalized spacial score (nSPS) is 12.6. The summed E-state index contributed by atoms with van der Waals surface area (Å²) in [6, 6.07) is 0. The fourth-order valence-corrected chi connectivity index (χ4v) is 6.90. The molecule has 0 radical (unpaired) electrons. The van der Waals surface area contributed by atoms with Crippen LogP contribution in [0.3, 0.4) is 0 Å². The van der Waals surface area contributed by atoms with Crippen molar-refractivity contribution in [2.75, 3.05) is 13.2 Å². The fraction of sp³-hybridized carbons (Fsp3) is 0.727. The van der Waals surface area contributed by atoms with Gasteiger partial charge in [0.25, 0.3) is 0 Å². The van der Waals surface area contributed by atoms with E-state index in [0.29, 0.717) is 19.3 Å². The van der Waals surface area contributed by atoms with Gasteiger partial charge >= 0.3 is 17.9 Å². The van der Waals surface area contributed by atoms with Crippen molar-refractivity contribution in [1.82, 2.24) is 0 Å². The van der Waals surface area contributed by atoms with Gasteiger partial charge < -0.3 is 14.2 Å². The van der Waals surface area contributed by atoms with Crippen molar-refractivity contribution in [1.29, 1.82) is 0 Å². The van der Waals surface area contributed by atoms with Gasteiger partial charge in [-0.25, -0.2) is 0 Å². The zero-order valence-corrected chi connectivity index (χ0v) is 39.9. The molecular weight excluding hydrogens is 757 g/mol. The predicted octanol–water partition coefficient (Wildman–Crippen LogP) is 16.6. The van der Waals surface area contributed by atoms with Crippen LogP contribution in [0.4, 0.5) is 0 Å². The summed E-state index contributed by atoms with van der Waals surface area (Å²) in [7, 11) is 0. The number of carbonyl (C=O) groups is 3. The highest BCUT2D eigenvalue weighted by Crippen LogP contribution is 2.15. The Morgan fingerprint density at radius 1 is 0.344 bits per heavy atom. The summed E-state index contributed by atoms with van der Waals surface area (Å²) < 4.78 is 16.6. The van der Waals surface area contributed by atoms with Gasteiger partial charge in [0, 0.05) is 19.3 Å². The van der Waals surface area contributed by atoms with Gasteiger partial charge in [-0.05, 0) is 77.0 Å². The van der Waals surface area contributed by atoms with Crippen molar-refractivity contribution in [3.8, 4) is 0 Å². The van der Waals surface area contributed by atoms with E-state index in [4.69, 9.17) is 14.2 Å². The molecule has 1 atom stereocenters. The first kappa shape index (κ1) is 57.9. The number of carbonyl (C=O) groups excluding carboxylic acids is 3. The Balaban J connectivity index is 4.12. The van der Waals surface area contributed by atoms with E-state index in [-0.39, 0.29) is 31.6 Å². The third kappa shape index (κ3) is 47.7. The molecule has 6 nitrogen and oxygen atoms in total. The molecule has 0 heterocycles. The summed E-state index contributed by atoms with van der Waals surface area (Å²) >= 11 is 0. The van der Waals surface area contributed by atoms with E-state index in [1.807, 2.05) is 12.2 Å². The highest BCUT2D eigenvalue weighted by Gasteiger charge is 2.19. The van der Waals surface area contributed by atoms with Crippen LogP contribution in [0.1, 0.15) is 239 Å². The minimum absolute atomic E-state index is 0.104. The number of unbranched alkanes of at least 4 members (excludes halogenated alkanes) is 22. The number of ether oxygens (including phenoxy) is 3. The molecular formula is C55H94O6. The first-order valence-corrected chi connectivity index (χ1v) is 25.4. The van der Waals surface area contributed by atoms with Crippen LogP contribution in [0.15, 0.2) is 72.9 Å². The van der Waals surface area contributed by atoms with E-state index >= 15 is 0 Å². The molecule has 0 fully saturated rings. The van der Waals surface area contributed by atoms with Crippen molar-refractivity contribution in [3.05, 3.63) is 72.9 Å². The lowest BCUT2D eigenvalue weighted by atomic mass is 10.0. The second-order valence-electron chi connectivity index (χ2n) is 16.7. The molecule has 0 spiro atoms. The van der Waals surface area contributed by atoms with Gasteiger partial charge in [-0.2, -0.15) is 0 Å². The molecule has 0 aromatic rings. The maximum atomic E-state index is 12.6. The summed E-state index contributed by atoms with van der Waals surface area (Å²) in [4.78, 5) is 37.5. The molecule has 0 aromatic heterocycles. The van der Waals surface area contributed by atoms with Crippen LogP contribution in [0, 0.1) is 0 Å². The van der Waals surface area contributed by atoms with Gasteiger partial charge in [0.1, 0.15) is 13.2 Å². The third-order valence-electron chi connectivity index (χ3n) is 10.7. The molecule has 0 aliphatic rings. The second-order valence-corrected chi connectivity index (χ2v) is 16.7. The second kappa shape index (κ2) is 49.5. The monoisotopic (exact) mass is 851 g/mol. The van der Waals surface area contributed by atoms with Crippen molar-refractivity contribution >= 4 is 17.9 Å². The van der Waals surface area contributed by atoms with E-state index in [2.05, 4.69) is 81.5 Å². The van der Waals surface area contributed by atoms with Gasteiger partial charge in [0.15, 0.2) is 6.10 Å². The summed E-state index contributed by atoms with van der Waals surface area (Å²) in [5, 5.41) is 0. The molecule has 1 unspecified atom stereocenters. The summed E-state index contributed by atoms with van der Waals surface area (Å²) in [5.41, 5.74) is 0. The zero-order valence-electron chi connectivity index (χ0n) is 39.9. The number of rotatable bonds is 45. The van der Waals surface area contributed by atoms with Gasteiger partial charge in [0.2, 0.25) is 0 Å². The SMILES string of the molecule is CC/C=C\C/C=C\C/C=C\C/C=C\CCC(=O)OC(COC(=O)CCCCCCC)COC(=O)CCCCCCCCCCCCCCC/C=C\C/C=C\CCCCCCC. The smallest absolute Gasteiger partial charge is 0.306 e. The summed E-state index contributed by atoms with van der Waals surface area (Å²) in [6.45, 7) is 6.36. The minimum atomic E-state index is -0.808. The van der Waals surface area contributed by atoms with Gasteiger partial charge in [-0.3, -0.25) is 14.4 Å². The van der Waals surface area contributed by atoms with E-state index < -0.39 is 12.1 Å². The Kier molecular flexibility index (Phi) is 46.9. The number of hydrogen-bond donors (Lipinski definition) is 0. The fourth-order valence-electron chi connectivity index (χ4n) is 6.90. The van der Waals surface area contributed by atoms with Gasteiger partial charge in [-0.15, -0.1) is 0 Å². The standard InChI is InChI=1S/C55H94O6/c1-4-7-10-13-15-17-19-21-22-23-24-25-26-27-28-29-30-31-32-34-35-37-39-42-45-48-54(57)60-51-52(50-59-53(56)47-44-41-12-9-6-3)61-55(58)49-46-43-40-38-36-33-20-18-16-14-11-8-5-2/h8,11,16,18-19,21,23-24,33,36,40,43,52H,4-7,9-10,12-15,17,20,22,25-32,34-35,37-39,41-42,44-51H2,1-3H3/b11-8-,18-16-,21-19-,24-23-,36-33-,43-40-. The molecule has 0 aliphatic heterocycles. The van der Waals surface area contributed by atoms with E-state index in [1.165, 1.54) is 109 Å². The Hall–Kier alpha value is -3.15. The molecule has 0 N–H and O–H groups in total. The van der Waals surface area contributed by atoms with Crippen LogP contribution in [-0.2, 0) is 28.6 Å². The Labute approximate surface area is 376 Å². The van der Waals surface area contributed by atoms with Crippen LogP contribution >= 0.6 is 0 Å². The number of hydrogen-bond acceptors (Lipinski definition) is 6. The molecule has 61 heavy (non-hydrogen) atoms. The number of allylic oxidation sites excluding steroid dienone is 12. The van der Waals surface area contributed by atoms with Crippen molar-refractivity contribution in [2.24, 2.45) is 0 Å². The summed E-state index contributed by atoms with van der Waals surface area (Å²) in [6.07, 6.45) is 62.4. The average Bonchev–Trinajstić information content (AvgIpc) is 3.26. The molecule has 0 saturated heterocycles. The van der Waals surface area contributed by atoms with Gasteiger partial charge in [0.05, 0.1) is 0 Å². The van der Waals surface area contributed by atoms with E-state index in [9.17, 15) is 14.4 Å². The largest absolute Gasteiger partial charge is 0.462 e. The molecule has 0 aliphatic carbocycles. The topological polar surface area (TPSA) is 78.9 Å². The lowest BCUT2D eigenvalue weighted by Gasteiger charge is -2.18. The first-order valence-electron chi connectivity index (χ1n) is 25.4. The van der Waals surface area contributed by atoms with Crippen LogP contribution < -0.4 is 0 Å². The van der Waals surface area contributed by atoms with E-state index in [0.717, 1.165) is 83.5 Å². The molecule has 350 valence electrons. The third-order valence-corrected chi connectivity index (χ3v) is 10.7. The Morgan fingerprint density at radius 3 is 1.07 bits per heavy atom. The highest BCUT2D eigenvalue weighted by atomic mass is 16.6. The Bertz CT molecular complexity index is 1160. The predicted molar refractivity (Wildman–Crippen MR) is 261 cm³/mol. The van der Waals surface area contributed by atoms with Crippen LogP contribution in [0.25, 0.3) is 0 Å². The minimum Gasteiger partial charge on any atom is -0.462 e. The maximum absolute atomic E-state index is 12.6. The molecule has 6 heteroatoms. The molecule has 0 amide bonds. The van der Waals surface area contributed by atoms with E-state index in [1.54, 1.807) is 0 Å². The zero-order chi connectivity index (χ0) is 44.4. The first-order chi connectivity index (χ1) is 30.0. The average molecular weight is 851 g/mol. The van der Waals surface area contributed by atoms with Crippen LogP contribution in [0.5, 0.6) is 0 Å². The quantitative estimate of drug-likeness (QED) is 0.0263. The van der Waals surface area contributed by atoms with Crippen molar-refractivity contribution in [3.63, 3.8) is 0 Å². The lowest BCUT2D eigenvalue weighted by molar-refractivity contribution is -0.166. The van der Waals surface area contributed by atoms with Crippen LogP contribution in [0.2, 0.25) is 0 Å². The lowest BCUT2D eigenvalue weighted by Crippen LogP contribution is -2.30. The highest BCUT2D eigenvalue weighted by molar-refractivity contribution is 5.71. The molecule has 0 aromatic carbocycles. The van der Waals surface area contributed by atoms with Gasteiger partial charge in [-0.1, -0.05) is 216 Å². The Morgan fingerprint density at radius 2 is 0.672 bits per heavy atom. The summed E-state index contributed by atoms with van der Waals surface area (Å²) in [5.74, 6) is -1.00. The van der Waals surface area contributed by atoms with Crippen molar-refractivity contribution in [2.45, 2.75) is 245 Å².